The Morgan fingerprint density at radius 3 is 2.58 bits per heavy atom. The Morgan fingerprint density at radius 1 is 1.08 bits per heavy atom. The van der Waals surface area contributed by atoms with Crippen LogP contribution in [0.15, 0.2) is 60.9 Å². The number of carbonyl (C=O) groups is 2. The number of likely N-dealkylation sites (N-methyl/N-ethyl adjacent to an activating group) is 1. The van der Waals surface area contributed by atoms with Crippen molar-refractivity contribution >= 4 is 22.5 Å². The zero-order valence-electron chi connectivity index (χ0n) is 13.1. The molecule has 5 nitrogen and oxygen atoms in total. The minimum Gasteiger partial charge on any atom is -0.508 e. The van der Waals surface area contributed by atoms with Crippen molar-refractivity contribution in [1.29, 1.82) is 0 Å². The molecule has 5 heteroatoms. The third-order valence-corrected chi connectivity index (χ3v) is 3.83. The van der Waals surface area contributed by atoms with Gasteiger partial charge < -0.3 is 10.0 Å². The number of nitrogens with zero attached hydrogens (tertiary/aromatic N) is 2. The lowest BCUT2D eigenvalue weighted by atomic mass is 10.1. The van der Waals surface area contributed by atoms with Crippen molar-refractivity contribution < 1.29 is 14.7 Å². The maximum absolute atomic E-state index is 12.7. The van der Waals surface area contributed by atoms with Crippen molar-refractivity contribution in [1.82, 2.24) is 9.88 Å². The quantitative estimate of drug-likeness (QED) is 0.750. The van der Waals surface area contributed by atoms with E-state index in [-0.39, 0.29) is 24.0 Å². The minimum atomic E-state index is -0.223. The van der Waals surface area contributed by atoms with E-state index < -0.39 is 0 Å². The van der Waals surface area contributed by atoms with Gasteiger partial charge in [0.05, 0.1) is 6.54 Å². The highest BCUT2D eigenvalue weighted by Crippen LogP contribution is 2.19. The highest BCUT2D eigenvalue weighted by Gasteiger charge is 2.18. The Bertz CT molecular complexity index is 899. The molecule has 1 aromatic heterocycles. The van der Waals surface area contributed by atoms with Crippen LogP contribution in [0.3, 0.4) is 0 Å². The van der Waals surface area contributed by atoms with Crippen molar-refractivity contribution in [2.24, 2.45) is 0 Å². The predicted molar refractivity (Wildman–Crippen MR) is 91.1 cm³/mol. The number of benzene rings is 2. The number of hydrogen-bond donors (Lipinski definition) is 1. The number of rotatable bonds is 4. The average molecular weight is 320 g/mol. The molecule has 0 saturated heterocycles. The number of hydrogen-bond acceptors (Lipinski definition) is 4. The van der Waals surface area contributed by atoms with Crippen molar-refractivity contribution in [3.63, 3.8) is 0 Å². The summed E-state index contributed by atoms with van der Waals surface area (Å²) in [7, 11) is 1.60. The van der Waals surface area contributed by atoms with E-state index in [0.717, 1.165) is 10.8 Å². The zero-order valence-corrected chi connectivity index (χ0v) is 13.1. The molecule has 0 spiro atoms. The number of phenolic OH excluding ortho intramolecular Hbond substituents is 1. The van der Waals surface area contributed by atoms with Gasteiger partial charge in [-0.2, -0.15) is 0 Å². The largest absolute Gasteiger partial charge is 0.508 e. The third kappa shape index (κ3) is 3.10. The molecule has 2 aromatic carbocycles. The molecular weight excluding hydrogens is 304 g/mol. The molecule has 0 aliphatic rings. The molecule has 0 aliphatic carbocycles. The molecule has 0 atom stereocenters. The fraction of sp³-hybridized carbons (Fsp3) is 0.105. The second kappa shape index (κ2) is 6.50. The summed E-state index contributed by atoms with van der Waals surface area (Å²) in [5.41, 5.74) is 0.991. The maximum atomic E-state index is 12.7. The Kier molecular flexibility index (Phi) is 4.24. The molecule has 3 rings (SSSR count). The number of fused-ring (bicyclic) bond motifs is 1. The lowest BCUT2D eigenvalue weighted by molar-refractivity contribution is 0.0749. The van der Waals surface area contributed by atoms with Gasteiger partial charge in [-0.1, -0.05) is 12.1 Å². The van der Waals surface area contributed by atoms with Crippen molar-refractivity contribution in [2.45, 2.75) is 0 Å². The van der Waals surface area contributed by atoms with Crippen molar-refractivity contribution in [3.05, 3.63) is 72.1 Å². The molecule has 0 aliphatic heterocycles. The number of phenols is 1. The first kappa shape index (κ1) is 15.7. The summed E-state index contributed by atoms with van der Waals surface area (Å²) in [5.74, 6) is -0.313. The van der Waals surface area contributed by atoms with Gasteiger partial charge in [0.1, 0.15) is 5.75 Å². The normalized spacial score (nSPS) is 10.5. The molecule has 24 heavy (non-hydrogen) atoms. The van der Waals surface area contributed by atoms with E-state index in [9.17, 15) is 14.7 Å². The van der Waals surface area contributed by atoms with Gasteiger partial charge in [0, 0.05) is 36.0 Å². The SMILES string of the molecule is CN(CC(=O)c1ccc(O)cc1)C(=O)c1cccc2cnccc12. The number of aromatic hydroxyl groups is 1. The third-order valence-electron chi connectivity index (χ3n) is 3.83. The van der Waals surface area contributed by atoms with Gasteiger partial charge in [0.15, 0.2) is 5.78 Å². The highest BCUT2D eigenvalue weighted by atomic mass is 16.3. The van der Waals surface area contributed by atoms with Crippen LogP contribution in [0.4, 0.5) is 0 Å². The number of carbonyl (C=O) groups excluding carboxylic acids is 2. The number of ketones is 1. The van der Waals surface area contributed by atoms with Crippen LogP contribution >= 0.6 is 0 Å². The lowest BCUT2D eigenvalue weighted by Gasteiger charge is -2.17. The lowest BCUT2D eigenvalue weighted by Crippen LogP contribution is -2.32. The Morgan fingerprint density at radius 2 is 1.83 bits per heavy atom. The Hall–Kier alpha value is -3.21. The maximum Gasteiger partial charge on any atom is 0.254 e. The van der Waals surface area contributed by atoms with Crippen LogP contribution in [0.25, 0.3) is 10.8 Å². The van der Waals surface area contributed by atoms with Gasteiger partial charge in [-0.15, -0.1) is 0 Å². The van der Waals surface area contributed by atoms with Gasteiger partial charge in [0.2, 0.25) is 0 Å². The van der Waals surface area contributed by atoms with E-state index in [4.69, 9.17) is 0 Å². The molecule has 0 unspecified atom stereocenters. The molecule has 0 radical (unpaired) electrons. The summed E-state index contributed by atoms with van der Waals surface area (Å²) in [6.45, 7) is -0.0366. The number of aromatic nitrogens is 1. The number of Topliss-reactive ketones (excluding diaryl/α,β-unsaturated/α-hetero) is 1. The van der Waals surface area contributed by atoms with Crippen LogP contribution < -0.4 is 0 Å². The molecule has 3 aromatic rings. The number of amides is 1. The first-order chi connectivity index (χ1) is 11.6. The van der Waals surface area contributed by atoms with E-state index in [1.54, 1.807) is 49.8 Å². The van der Waals surface area contributed by atoms with Crippen LogP contribution in [0.5, 0.6) is 5.75 Å². The van der Waals surface area contributed by atoms with Crippen LogP contribution in [-0.4, -0.2) is 40.3 Å². The monoisotopic (exact) mass is 320 g/mol. The molecule has 1 amide bonds. The smallest absolute Gasteiger partial charge is 0.254 e. The van der Waals surface area contributed by atoms with E-state index >= 15 is 0 Å². The Balaban J connectivity index is 1.81. The van der Waals surface area contributed by atoms with Crippen molar-refractivity contribution in [2.75, 3.05) is 13.6 Å². The zero-order chi connectivity index (χ0) is 17.1. The van der Waals surface area contributed by atoms with Crippen LogP contribution in [0, 0.1) is 0 Å². The van der Waals surface area contributed by atoms with Gasteiger partial charge in [-0.3, -0.25) is 14.6 Å². The molecule has 0 bridgehead atoms. The molecule has 0 fully saturated rings. The minimum absolute atomic E-state index is 0.0366. The van der Waals surface area contributed by atoms with E-state index in [0.29, 0.717) is 11.1 Å². The second-order valence-corrected chi connectivity index (χ2v) is 5.53. The summed E-state index contributed by atoms with van der Waals surface area (Å²) in [6, 6.07) is 13.2. The highest BCUT2D eigenvalue weighted by molar-refractivity contribution is 6.08. The molecule has 1 N–H and O–H groups in total. The molecule has 120 valence electrons. The first-order valence-electron chi connectivity index (χ1n) is 7.46. The van der Waals surface area contributed by atoms with Crippen molar-refractivity contribution in [3.8, 4) is 5.75 Å². The molecular formula is C19H16N2O3. The predicted octanol–water partition coefficient (Wildman–Crippen LogP) is 2.90. The average Bonchev–Trinajstić information content (AvgIpc) is 2.61. The Labute approximate surface area is 139 Å². The molecule has 1 heterocycles. The summed E-state index contributed by atoms with van der Waals surface area (Å²) in [6.07, 6.45) is 3.34. The summed E-state index contributed by atoms with van der Waals surface area (Å²) in [4.78, 5) is 30.4. The van der Waals surface area contributed by atoms with E-state index in [1.807, 2.05) is 6.07 Å². The summed E-state index contributed by atoms with van der Waals surface area (Å²) in [5, 5.41) is 11.0. The van der Waals surface area contributed by atoms with Gasteiger partial charge >= 0.3 is 0 Å². The molecule has 0 saturated carbocycles. The summed E-state index contributed by atoms with van der Waals surface area (Å²) >= 11 is 0. The topological polar surface area (TPSA) is 70.5 Å². The van der Waals surface area contributed by atoms with E-state index in [1.165, 1.54) is 17.0 Å². The summed E-state index contributed by atoms with van der Waals surface area (Å²) < 4.78 is 0. The fourth-order valence-electron chi connectivity index (χ4n) is 2.54. The van der Waals surface area contributed by atoms with Gasteiger partial charge in [0.25, 0.3) is 5.91 Å². The standard InChI is InChI=1S/C19H16N2O3/c1-21(12-18(23)13-5-7-15(22)8-6-13)19(24)17-4-2-3-14-11-20-10-9-16(14)17/h2-11,22H,12H2,1H3. The van der Waals surface area contributed by atoms with Crippen LogP contribution in [0.1, 0.15) is 20.7 Å². The fourth-order valence-corrected chi connectivity index (χ4v) is 2.54. The number of pyridine rings is 1. The van der Waals surface area contributed by atoms with E-state index in [2.05, 4.69) is 4.98 Å². The van der Waals surface area contributed by atoms with Crippen LogP contribution in [0.2, 0.25) is 0 Å². The van der Waals surface area contributed by atoms with Gasteiger partial charge in [-0.05, 0) is 41.8 Å². The van der Waals surface area contributed by atoms with Gasteiger partial charge in [-0.25, -0.2) is 0 Å². The van der Waals surface area contributed by atoms with Crippen LogP contribution in [-0.2, 0) is 0 Å². The first-order valence-corrected chi connectivity index (χ1v) is 7.46. The second-order valence-electron chi connectivity index (χ2n) is 5.53.